The lowest BCUT2D eigenvalue weighted by Gasteiger charge is -2.24. The molecule has 15 heavy (non-hydrogen) atoms. The zero-order valence-corrected chi connectivity index (χ0v) is 9.02. The number of benzene rings is 1. The van der Waals surface area contributed by atoms with Gasteiger partial charge in [-0.3, -0.25) is 0 Å². The van der Waals surface area contributed by atoms with E-state index >= 15 is 0 Å². The summed E-state index contributed by atoms with van der Waals surface area (Å²) in [4.78, 5) is 2.56. The van der Waals surface area contributed by atoms with E-state index in [2.05, 4.69) is 23.1 Å². The lowest BCUT2D eigenvalue weighted by Crippen LogP contribution is -2.27. The summed E-state index contributed by atoms with van der Waals surface area (Å²) in [7, 11) is 0. The minimum Gasteiger partial charge on any atom is -0.399 e. The van der Waals surface area contributed by atoms with Crippen LogP contribution < -0.4 is 10.6 Å². The second-order valence-electron chi connectivity index (χ2n) is 4.92. The predicted molar refractivity (Wildman–Crippen MR) is 63.9 cm³/mol. The highest BCUT2D eigenvalue weighted by Crippen LogP contribution is 2.37. The van der Waals surface area contributed by atoms with Crippen molar-refractivity contribution in [3.8, 4) is 0 Å². The van der Waals surface area contributed by atoms with Crippen molar-refractivity contribution in [1.82, 2.24) is 0 Å². The third-order valence-corrected chi connectivity index (χ3v) is 3.34. The van der Waals surface area contributed by atoms with Crippen LogP contribution in [0.2, 0.25) is 0 Å². The number of rotatable bonds is 4. The van der Waals surface area contributed by atoms with Crippen molar-refractivity contribution in [1.29, 1.82) is 0 Å². The molecule has 0 amide bonds. The van der Waals surface area contributed by atoms with Gasteiger partial charge in [-0.15, -0.1) is 0 Å². The Hall–Kier alpha value is -1.18. The summed E-state index contributed by atoms with van der Waals surface area (Å²) in [5.41, 5.74) is 8.04. The standard InChI is InChI=1S/C13H18N2/c14-11-2-1-3-13(8-11)15(12-6-7-12)9-10-4-5-10/h1-3,8,10,12H,4-7,9,14H2. The Morgan fingerprint density at radius 2 is 2.00 bits per heavy atom. The van der Waals surface area contributed by atoms with E-state index in [1.54, 1.807) is 0 Å². The molecule has 80 valence electrons. The van der Waals surface area contributed by atoms with Gasteiger partial charge in [0, 0.05) is 24.0 Å². The molecule has 0 heterocycles. The molecule has 0 spiro atoms. The fourth-order valence-electron chi connectivity index (χ4n) is 2.13. The van der Waals surface area contributed by atoms with Crippen molar-refractivity contribution in [2.45, 2.75) is 31.7 Å². The lowest BCUT2D eigenvalue weighted by atomic mass is 10.2. The average Bonchev–Trinajstić information content (AvgIpc) is 3.08. The van der Waals surface area contributed by atoms with Gasteiger partial charge in [0.25, 0.3) is 0 Å². The maximum Gasteiger partial charge on any atom is 0.0389 e. The van der Waals surface area contributed by atoms with E-state index < -0.39 is 0 Å². The SMILES string of the molecule is Nc1cccc(N(CC2CC2)C2CC2)c1. The monoisotopic (exact) mass is 202 g/mol. The number of anilines is 2. The summed E-state index contributed by atoms with van der Waals surface area (Å²) in [6, 6.07) is 9.13. The first-order chi connectivity index (χ1) is 7.33. The van der Waals surface area contributed by atoms with E-state index in [4.69, 9.17) is 5.73 Å². The van der Waals surface area contributed by atoms with Crippen LogP contribution in [0.15, 0.2) is 24.3 Å². The summed E-state index contributed by atoms with van der Waals surface area (Å²) in [6.07, 6.45) is 5.57. The first kappa shape index (κ1) is 9.08. The number of nitrogen functional groups attached to an aromatic ring is 1. The van der Waals surface area contributed by atoms with E-state index in [1.165, 1.54) is 37.9 Å². The van der Waals surface area contributed by atoms with Crippen LogP contribution in [0.5, 0.6) is 0 Å². The van der Waals surface area contributed by atoms with Gasteiger partial charge in [0.2, 0.25) is 0 Å². The number of hydrogen-bond acceptors (Lipinski definition) is 2. The molecule has 2 saturated carbocycles. The van der Waals surface area contributed by atoms with Gasteiger partial charge in [0.1, 0.15) is 0 Å². The fourth-order valence-corrected chi connectivity index (χ4v) is 2.13. The van der Waals surface area contributed by atoms with E-state index in [-0.39, 0.29) is 0 Å². The summed E-state index contributed by atoms with van der Waals surface area (Å²) < 4.78 is 0. The van der Waals surface area contributed by atoms with Crippen molar-refractivity contribution in [2.24, 2.45) is 5.92 Å². The molecule has 2 N–H and O–H groups in total. The van der Waals surface area contributed by atoms with Gasteiger partial charge >= 0.3 is 0 Å². The first-order valence-corrected chi connectivity index (χ1v) is 5.95. The van der Waals surface area contributed by atoms with Gasteiger partial charge in [-0.2, -0.15) is 0 Å². The Morgan fingerprint density at radius 3 is 2.60 bits per heavy atom. The smallest absolute Gasteiger partial charge is 0.0389 e. The maximum absolute atomic E-state index is 5.84. The van der Waals surface area contributed by atoms with E-state index in [0.29, 0.717) is 0 Å². The van der Waals surface area contributed by atoms with Gasteiger partial charge in [-0.1, -0.05) is 6.07 Å². The van der Waals surface area contributed by atoms with Crippen LogP contribution in [0.1, 0.15) is 25.7 Å². The Bertz CT molecular complexity index is 353. The van der Waals surface area contributed by atoms with Gasteiger partial charge in [0.05, 0.1) is 0 Å². The molecule has 0 unspecified atom stereocenters. The van der Waals surface area contributed by atoms with Crippen molar-refractivity contribution in [3.05, 3.63) is 24.3 Å². The van der Waals surface area contributed by atoms with Crippen molar-refractivity contribution < 1.29 is 0 Å². The highest BCUT2D eigenvalue weighted by atomic mass is 15.2. The van der Waals surface area contributed by atoms with Crippen LogP contribution >= 0.6 is 0 Å². The molecule has 0 saturated heterocycles. The van der Waals surface area contributed by atoms with Gasteiger partial charge in [0.15, 0.2) is 0 Å². The quantitative estimate of drug-likeness (QED) is 0.760. The molecule has 3 rings (SSSR count). The van der Waals surface area contributed by atoms with Crippen molar-refractivity contribution in [3.63, 3.8) is 0 Å². The molecule has 0 bridgehead atoms. The Kier molecular flexibility index (Phi) is 2.08. The summed E-state index contributed by atoms with van der Waals surface area (Å²) in [5, 5.41) is 0. The van der Waals surface area contributed by atoms with E-state index in [0.717, 1.165) is 17.6 Å². The zero-order chi connectivity index (χ0) is 10.3. The highest BCUT2D eigenvalue weighted by molar-refractivity contribution is 5.57. The predicted octanol–water partition coefficient (Wildman–Crippen LogP) is 2.65. The summed E-state index contributed by atoms with van der Waals surface area (Å²) in [5.74, 6) is 0.951. The molecular formula is C13H18N2. The molecule has 1 aromatic rings. The molecule has 2 aliphatic rings. The second kappa shape index (κ2) is 3.44. The van der Waals surface area contributed by atoms with E-state index in [9.17, 15) is 0 Å². The van der Waals surface area contributed by atoms with Crippen molar-refractivity contribution in [2.75, 3.05) is 17.2 Å². The largest absolute Gasteiger partial charge is 0.399 e. The molecule has 2 aliphatic carbocycles. The van der Waals surface area contributed by atoms with Gasteiger partial charge in [-0.05, 0) is 49.8 Å². The minimum absolute atomic E-state index is 0.799. The number of nitrogens with two attached hydrogens (primary N) is 1. The maximum atomic E-state index is 5.84. The fraction of sp³-hybridized carbons (Fsp3) is 0.538. The molecule has 0 aromatic heterocycles. The Morgan fingerprint density at radius 1 is 1.20 bits per heavy atom. The molecule has 2 heteroatoms. The van der Waals surface area contributed by atoms with Gasteiger partial charge in [-0.25, -0.2) is 0 Å². The zero-order valence-electron chi connectivity index (χ0n) is 9.02. The third-order valence-electron chi connectivity index (χ3n) is 3.34. The topological polar surface area (TPSA) is 29.3 Å². The van der Waals surface area contributed by atoms with Crippen LogP contribution in [0.25, 0.3) is 0 Å². The molecule has 0 radical (unpaired) electrons. The Labute approximate surface area is 91.1 Å². The molecule has 0 atom stereocenters. The number of hydrogen-bond donors (Lipinski definition) is 1. The molecule has 1 aromatic carbocycles. The van der Waals surface area contributed by atoms with Crippen LogP contribution in [-0.2, 0) is 0 Å². The normalized spacial score (nSPS) is 20.3. The van der Waals surface area contributed by atoms with E-state index in [1.807, 2.05) is 6.07 Å². The number of nitrogens with zero attached hydrogens (tertiary/aromatic N) is 1. The molecule has 0 aliphatic heterocycles. The molecule has 2 fully saturated rings. The van der Waals surface area contributed by atoms with Gasteiger partial charge < -0.3 is 10.6 Å². The summed E-state index contributed by atoms with van der Waals surface area (Å²) >= 11 is 0. The van der Waals surface area contributed by atoms with Crippen LogP contribution in [0.3, 0.4) is 0 Å². The second-order valence-corrected chi connectivity index (χ2v) is 4.92. The van der Waals surface area contributed by atoms with Crippen LogP contribution in [0, 0.1) is 5.92 Å². The Balaban J connectivity index is 1.80. The molecular weight excluding hydrogens is 184 g/mol. The third kappa shape index (κ3) is 2.09. The van der Waals surface area contributed by atoms with Crippen molar-refractivity contribution >= 4 is 11.4 Å². The van der Waals surface area contributed by atoms with Crippen LogP contribution in [0.4, 0.5) is 11.4 Å². The first-order valence-electron chi connectivity index (χ1n) is 5.95. The summed E-state index contributed by atoms with van der Waals surface area (Å²) in [6.45, 7) is 1.24. The van der Waals surface area contributed by atoms with Crippen LogP contribution in [-0.4, -0.2) is 12.6 Å². The molecule has 2 nitrogen and oxygen atoms in total. The minimum atomic E-state index is 0.799. The lowest BCUT2D eigenvalue weighted by molar-refractivity contribution is 0.719. The highest BCUT2D eigenvalue weighted by Gasteiger charge is 2.33. The average molecular weight is 202 g/mol.